The molecule has 0 radical (unpaired) electrons. The molecule has 0 saturated heterocycles. The number of nitrogens with zero attached hydrogens (tertiary/aromatic N) is 1. The number of hydrogen-bond acceptors (Lipinski definition) is 6. The second-order valence-corrected chi connectivity index (χ2v) is 8.20. The van der Waals surface area contributed by atoms with Gasteiger partial charge in [-0.25, -0.2) is 18.0 Å². The number of para-hydroxylation sites is 1. The monoisotopic (exact) mass is 433 g/mol. The van der Waals surface area contributed by atoms with E-state index in [4.69, 9.17) is 4.74 Å². The molecule has 2 N–H and O–H groups in total. The number of rotatable bonds is 7. The average Bonchev–Trinajstić information content (AvgIpc) is 2.73. The molecule has 9 nitrogen and oxygen atoms in total. The highest BCUT2D eigenvalue weighted by molar-refractivity contribution is 7.92. The van der Waals surface area contributed by atoms with Crippen LogP contribution in [0.3, 0.4) is 0 Å². The van der Waals surface area contributed by atoms with Crippen LogP contribution in [0.1, 0.15) is 24.2 Å². The largest absolute Gasteiger partial charge is 0.449 e. The summed E-state index contributed by atoms with van der Waals surface area (Å²) in [6.45, 7) is 3.34. The van der Waals surface area contributed by atoms with Crippen molar-refractivity contribution in [1.82, 2.24) is 10.6 Å². The Labute approximate surface area is 175 Å². The summed E-state index contributed by atoms with van der Waals surface area (Å²) in [5.41, 5.74) is 0.557. The van der Waals surface area contributed by atoms with Gasteiger partial charge in [0, 0.05) is 13.6 Å². The molecule has 3 amide bonds. The zero-order valence-corrected chi connectivity index (χ0v) is 17.6. The molecule has 0 bridgehead atoms. The fourth-order valence-electron chi connectivity index (χ4n) is 2.40. The molecule has 2 rings (SSSR count). The molecule has 2 aromatic rings. The summed E-state index contributed by atoms with van der Waals surface area (Å²) in [6, 6.07) is 13.0. The maximum atomic E-state index is 12.8. The number of imide groups is 1. The van der Waals surface area contributed by atoms with Gasteiger partial charge in [-0.05, 0) is 50.2 Å². The van der Waals surface area contributed by atoms with Crippen molar-refractivity contribution in [2.45, 2.75) is 24.8 Å². The van der Waals surface area contributed by atoms with E-state index in [0.29, 0.717) is 12.2 Å². The average molecular weight is 433 g/mol. The maximum absolute atomic E-state index is 12.8. The minimum absolute atomic E-state index is 0.00701. The molecular formula is C20H23N3O6S. The number of anilines is 1. The topological polar surface area (TPSA) is 122 Å². The van der Waals surface area contributed by atoms with Crippen LogP contribution in [0.4, 0.5) is 10.5 Å². The lowest BCUT2D eigenvalue weighted by Crippen LogP contribution is -2.44. The van der Waals surface area contributed by atoms with E-state index in [-0.39, 0.29) is 10.5 Å². The van der Waals surface area contributed by atoms with Gasteiger partial charge in [-0.15, -0.1) is 0 Å². The van der Waals surface area contributed by atoms with Crippen LogP contribution in [-0.2, 0) is 19.6 Å². The third-order valence-corrected chi connectivity index (χ3v) is 5.90. The molecule has 2 aromatic carbocycles. The molecule has 0 fully saturated rings. The van der Waals surface area contributed by atoms with E-state index in [1.165, 1.54) is 38.2 Å². The van der Waals surface area contributed by atoms with Crippen LogP contribution >= 0.6 is 0 Å². The number of sulfonamides is 1. The van der Waals surface area contributed by atoms with Gasteiger partial charge in [-0.1, -0.05) is 18.2 Å². The Morgan fingerprint density at radius 1 is 1.03 bits per heavy atom. The van der Waals surface area contributed by atoms with E-state index < -0.39 is 34.0 Å². The van der Waals surface area contributed by atoms with Gasteiger partial charge in [-0.3, -0.25) is 14.4 Å². The fourth-order valence-corrected chi connectivity index (χ4v) is 3.59. The maximum Gasteiger partial charge on any atom is 0.338 e. The van der Waals surface area contributed by atoms with Gasteiger partial charge in [0.25, 0.3) is 15.9 Å². The van der Waals surface area contributed by atoms with Gasteiger partial charge in [0.05, 0.1) is 16.1 Å². The Morgan fingerprint density at radius 2 is 1.63 bits per heavy atom. The van der Waals surface area contributed by atoms with Gasteiger partial charge in [0.15, 0.2) is 6.10 Å². The Balaban J connectivity index is 2.07. The SMILES string of the molecule is CCNC(=O)NC(=O)[C@H](C)OC(=O)c1ccc(S(=O)(=O)N(C)c2ccccc2)cc1. The van der Waals surface area contributed by atoms with Gasteiger partial charge < -0.3 is 10.1 Å². The first-order chi connectivity index (χ1) is 14.2. The molecular weight excluding hydrogens is 410 g/mol. The van der Waals surface area contributed by atoms with E-state index >= 15 is 0 Å². The van der Waals surface area contributed by atoms with Crippen LogP contribution in [0.2, 0.25) is 0 Å². The second-order valence-electron chi connectivity index (χ2n) is 6.23. The van der Waals surface area contributed by atoms with Gasteiger partial charge in [-0.2, -0.15) is 0 Å². The Kier molecular flexibility index (Phi) is 7.54. The molecule has 0 saturated carbocycles. The summed E-state index contributed by atoms with van der Waals surface area (Å²) in [5.74, 6) is -1.60. The third-order valence-electron chi connectivity index (χ3n) is 4.10. The normalized spacial score (nSPS) is 11.8. The highest BCUT2D eigenvalue weighted by Crippen LogP contribution is 2.22. The zero-order valence-electron chi connectivity index (χ0n) is 16.8. The number of esters is 1. The fraction of sp³-hybridized carbons (Fsp3) is 0.250. The highest BCUT2D eigenvalue weighted by Gasteiger charge is 2.23. The van der Waals surface area contributed by atoms with Crippen LogP contribution in [0, 0.1) is 0 Å². The predicted octanol–water partition coefficient (Wildman–Crippen LogP) is 1.90. The molecule has 1 atom stereocenters. The number of carbonyl (C=O) groups is 3. The van der Waals surface area contributed by atoms with E-state index in [1.807, 2.05) is 5.32 Å². The molecule has 0 spiro atoms. The minimum Gasteiger partial charge on any atom is -0.449 e. The van der Waals surface area contributed by atoms with Crippen LogP contribution in [0.25, 0.3) is 0 Å². The Bertz CT molecular complexity index is 1010. The van der Waals surface area contributed by atoms with Crippen molar-refractivity contribution in [2.75, 3.05) is 17.9 Å². The van der Waals surface area contributed by atoms with E-state index in [9.17, 15) is 22.8 Å². The first kappa shape index (κ1) is 22.9. The molecule has 0 heterocycles. The lowest BCUT2D eigenvalue weighted by atomic mass is 10.2. The van der Waals surface area contributed by atoms with Crippen LogP contribution in [0.5, 0.6) is 0 Å². The van der Waals surface area contributed by atoms with E-state index in [0.717, 1.165) is 4.31 Å². The van der Waals surface area contributed by atoms with Crippen molar-refractivity contribution in [3.63, 3.8) is 0 Å². The number of nitrogens with one attached hydrogen (secondary N) is 2. The molecule has 0 unspecified atom stereocenters. The summed E-state index contributed by atoms with van der Waals surface area (Å²) in [4.78, 5) is 35.4. The lowest BCUT2D eigenvalue weighted by molar-refractivity contribution is -0.127. The van der Waals surface area contributed by atoms with Crippen molar-refractivity contribution in [2.24, 2.45) is 0 Å². The highest BCUT2D eigenvalue weighted by atomic mass is 32.2. The molecule has 0 aliphatic carbocycles. The summed E-state index contributed by atoms with van der Waals surface area (Å²) in [7, 11) is -2.38. The second kappa shape index (κ2) is 9.88. The quantitative estimate of drug-likeness (QED) is 0.643. The number of ether oxygens (including phenoxy) is 1. The standard InChI is InChI=1S/C20H23N3O6S/c1-4-21-20(26)22-18(24)14(2)29-19(25)15-10-12-17(13-11-15)30(27,28)23(3)16-8-6-5-7-9-16/h5-14H,4H2,1-3H3,(H2,21,22,24,26)/t14-/m0/s1. The van der Waals surface area contributed by atoms with Gasteiger partial charge in [0.1, 0.15) is 0 Å². The summed E-state index contributed by atoms with van der Waals surface area (Å²) in [5, 5.41) is 4.43. The first-order valence-corrected chi connectivity index (χ1v) is 10.5. The number of urea groups is 1. The summed E-state index contributed by atoms with van der Waals surface area (Å²) >= 11 is 0. The molecule has 0 aliphatic heterocycles. The predicted molar refractivity (Wildman–Crippen MR) is 111 cm³/mol. The zero-order chi connectivity index (χ0) is 22.3. The van der Waals surface area contributed by atoms with E-state index in [2.05, 4.69) is 5.32 Å². The molecule has 30 heavy (non-hydrogen) atoms. The number of carbonyl (C=O) groups excluding carboxylic acids is 3. The van der Waals surface area contributed by atoms with Crippen LogP contribution in [-0.4, -0.2) is 46.0 Å². The molecule has 0 aliphatic rings. The van der Waals surface area contributed by atoms with E-state index in [1.54, 1.807) is 37.3 Å². The van der Waals surface area contributed by atoms with Crippen molar-refractivity contribution >= 4 is 33.6 Å². The van der Waals surface area contributed by atoms with Crippen molar-refractivity contribution in [1.29, 1.82) is 0 Å². The lowest BCUT2D eigenvalue weighted by Gasteiger charge is -2.19. The third kappa shape index (κ3) is 5.57. The van der Waals surface area contributed by atoms with Gasteiger partial charge in [0.2, 0.25) is 0 Å². The summed E-state index contributed by atoms with van der Waals surface area (Å²) in [6.07, 6.45) is -1.22. The number of hydrogen-bond donors (Lipinski definition) is 2. The van der Waals surface area contributed by atoms with Crippen molar-refractivity contribution < 1.29 is 27.5 Å². The van der Waals surface area contributed by atoms with Crippen molar-refractivity contribution in [3.8, 4) is 0 Å². The molecule has 0 aromatic heterocycles. The molecule has 160 valence electrons. The van der Waals surface area contributed by atoms with Crippen LogP contribution in [0.15, 0.2) is 59.5 Å². The summed E-state index contributed by atoms with van der Waals surface area (Å²) < 4.78 is 31.7. The Hall–Kier alpha value is -3.40. The number of benzene rings is 2. The van der Waals surface area contributed by atoms with Crippen LogP contribution < -0.4 is 14.9 Å². The van der Waals surface area contributed by atoms with Crippen molar-refractivity contribution in [3.05, 3.63) is 60.2 Å². The smallest absolute Gasteiger partial charge is 0.338 e. The van der Waals surface area contributed by atoms with Gasteiger partial charge >= 0.3 is 12.0 Å². The first-order valence-electron chi connectivity index (χ1n) is 9.10. The minimum atomic E-state index is -3.82. The molecule has 10 heteroatoms. The number of amides is 3. The Morgan fingerprint density at radius 3 is 2.20 bits per heavy atom.